The van der Waals surface area contributed by atoms with Crippen molar-refractivity contribution in [1.29, 1.82) is 0 Å². The second-order valence-corrected chi connectivity index (χ2v) is 10.2. The lowest BCUT2D eigenvalue weighted by molar-refractivity contribution is 0.0631. The minimum atomic E-state index is 0.0835. The lowest BCUT2D eigenvalue weighted by Gasteiger charge is -2.34. The molecule has 1 aliphatic rings. The molecular formula is C26H24BrN3OS. The molecule has 1 fully saturated rings. The molecule has 162 valence electrons. The number of hydrogen-bond acceptors (Lipinski definition) is 4. The Hall–Kier alpha value is -2.54. The zero-order valence-corrected chi connectivity index (χ0v) is 20.3. The van der Waals surface area contributed by atoms with Gasteiger partial charge in [0.15, 0.2) is 0 Å². The summed E-state index contributed by atoms with van der Waals surface area (Å²) in [5.41, 5.74) is 4.61. The highest BCUT2D eigenvalue weighted by molar-refractivity contribution is 9.10. The Kier molecular flexibility index (Phi) is 6.09. The molecule has 0 saturated carbocycles. The number of aromatic nitrogens is 1. The van der Waals surface area contributed by atoms with Crippen LogP contribution in [0.1, 0.15) is 20.8 Å². The van der Waals surface area contributed by atoms with Crippen LogP contribution in [0.4, 0.5) is 0 Å². The smallest absolute Gasteiger partial charge is 0.254 e. The lowest BCUT2D eigenvalue weighted by Crippen LogP contribution is -2.48. The van der Waals surface area contributed by atoms with Crippen LogP contribution in [0, 0.1) is 6.92 Å². The fraction of sp³-hybridized carbons (Fsp3) is 0.231. The van der Waals surface area contributed by atoms with E-state index < -0.39 is 0 Å². The molecule has 0 N–H and O–H groups in total. The largest absolute Gasteiger partial charge is 0.336 e. The van der Waals surface area contributed by atoms with Crippen molar-refractivity contribution in [3.05, 3.63) is 86.5 Å². The molecule has 0 radical (unpaired) electrons. The fourth-order valence-electron chi connectivity index (χ4n) is 4.23. The van der Waals surface area contributed by atoms with Crippen molar-refractivity contribution in [2.45, 2.75) is 13.5 Å². The van der Waals surface area contributed by atoms with E-state index in [0.29, 0.717) is 0 Å². The zero-order valence-electron chi connectivity index (χ0n) is 17.9. The molecule has 0 atom stereocenters. The fourth-order valence-corrected chi connectivity index (χ4v) is 5.34. The van der Waals surface area contributed by atoms with Crippen molar-refractivity contribution in [1.82, 2.24) is 14.8 Å². The van der Waals surface area contributed by atoms with Gasteiger partial charge in [-0.15, -0.1) is 11.3 Å². The molecule has 2 aromatic heterocycles. The summed E-state index contributed by atoms with van der Waals surface area (Å²) in [4.78, 5) is 24.3. The summed E-state index contributed by atoms with van der Waals surface area (Å²) in [5.74, 6) is 0.0835. The molecule has 2 aromatic carbocycles. The Morgan fingerprint density at radius 2 is 1.88 bits per heavy atom. The number of piperazine rings is 1. The minimum Gasteiger partial charge on any atom is -0.336 e. The molecule has 4 aromatic rings. The number of carbonyl (C=O) groups excluding carboxylic acids is 1. The van der Waals surface area contributed by atoms with Crippen molar-refractivity contribution in [2.75, 3.05) is 26.2 Å². The molecule has 0 bridgehead atoms. The number of halogens is 1. The van der Waals surface area contributed by atoms with Gasteiger partial charge in [-0.25, -0.2) is 4.98 Å². The number of carbonyl (C=O) groups is 1. The van der Waals surface area contributed by atoms with Crippen molar-refractivity contribution in [3.8, 4) is 11.3 Å². The van der Waals surface area contributed by atoms with E-state index in [2.05, 4.69) is 63.5 Å². The quantitative estimate of drug-likeness (QED) is 0.341. The first-order chi connectivity index (χ1) is 15.6. The molecule has 1 aliphatic heterocycles. The van der Waals surface area contributed by atoms with Gasteiger partial charge in [-0.2, -0.15) is 0 Å². The van der Waals surface area contributed by atoms with E-state index >= 15 is 0 Å². The third-order valence-corrected chi connectivity index (χ3v) is 7.29. The van der Waals surface area contributed by atoms with Gasteiger partial charge in [0.2, 0.25) is 0 Å². The summed E-state index contributed by atoms with van der Waals surface area (Å²) < 4.78 is 0.949. The Bertz CT molecular complexity index is 1260. The van der Waals surface area contributed by atoms with Crippen molar-refractivity contribution >= 4 is 44.1 Å². The number of nitrogens with zero attached hydrogens (tertiary/aromatic N) is 3. The van der Waals surface area contributed by atoms with Crippen LogP contribution in [0.25, 0.3) is 22.2 Å². The Labute approximate surface area is 200 Å². The van der Waals surface area contributed by atoms with E-state index in [1.165, 1.54) is 10.4 Å². The maximum atomic E-state index is 13.7. The van der Waals surface area contributed by atoms with Gasteiger partial charge in [0.1, 0.15) is 0 Å². The van der Waals surface area contributed by atoms with E-state index in [9.17, 15) is 4.79 Å². The third-order valence-electron chi connectivity index (χ3n) is 5.93. The van der Waals surface area contributed by atoms with Gasteiger partial charge in [-0.1, -0.05) is 45.8 Å². The van der Waals surface area contributed by atoms with Gasteiger partial charge < -0.3 is 4.90 Å². The van der Waals surface area contributed by atoms with Crippen LogP contribution >= 0.6 is 27.3 Å². The van der Waals surface area contributed by atoms with Crippen LogP contribution in [0.3, 0.4) is 0 Å². The van der Waals surface area contributed by atoms with Crippen LogP contribution in [0.15, 0.2) is 70.5 Å². The molecule has 0 unspecified atom stereocenters. The summed E-state index contributed by atoms with van der Waals surface area (Å²) in [7, 11) is 0. The average molecular weight is 506 g/mol. The van der Waals surface area contributed by atoms with Gasteiger partial charge in [0.05, 0.1) is 16.8 Å². The maximum absolute atomic E-state index is 13.7. The highest BCUT2D eigenvalue weighted by Crippen LogP contribution is 2.29. The van der Waals surface area contributed by atoms with Gasteiger partial charge in [0.25, 0.3) is 5.91 Å². The molecule has 1 amide bonds. The van der Waals surface area contributed by atoms with Crippen LogP contribution in [-0.2, 0) is 6.54 Å². The molecule has 0 spiro atoms. The summed E-state index contributed by atoms with van der Waals surface area (Å²) >= 11 is 5.35. The Morgan fingerprint density at radius 3 is 2.62 bits per heavy atom. The monoisotopic (exact) mass is 505 g/mol. The molecule has 6 heteroatoms. The molecule has 5 rings (SSSR count). The number of rotatable bonds is 4. The molecule has 0 aliphatic carbocycles. The second-order valence-electron chi connectivity index (χ2n) is 8.23. The summed E-state index contributed by atoms with van der Waals surface area (Å²) in [5, 5.41) is 3.01. The Balaban J connectivity index is 1.44. The van der Waals surface area contributed by atoms with E-state index in [-0.39, 0.29) is 5.91 Å². The van der Waals surface area contributed by atoms with E-state index in [4.69, 9.17) is 4.98 Å². The number of amides is 1. The van der Waals surface area contributed by atoms with Gasteiger partial charge in [-0.3, -0.25) is 9.69 Å². The third kappa shape index (κ3) is 4.49. The van der Waals surface area contributed by atoms with E-state index in [1.54, 1.807) is 11.3 Å². The summed E-state index contributed by atoms with van der Waals surface area (Å²) in [6.45, 7) is 6.29. The Morgan fingerprint density at radius 1 is 1.03 bits per heavy atom. The molecule has 4 nitrogen and oxygen atoms in total. The first-order valence-corrected chi connectivity index (χ1v) is 12.5. The van der Waals surface area contributed by atoms with Crippen LogP contribution < -0.4 is 0 Å². The predicted molar refractivity (Wildman–Crippen MR) is 135 cm³/mol. The number of hydrogen-bond donors (Lipinski definition) is 0. The van der Waals surface area contributed by atoms with Crippen LogP contribution in [0.5, 0.6) is 0 Å². The normalized spacial score (nSPS) is 14.8. The molecule has 32 heavy (non-hydrogen) atoms. The first-order valence-electron chi connectivity index (χ1n) is 10.8. The van der Waals surface area contributed by atoms with Crippen molar-refractivity contribution < 1.29 is 4.79 Å². The number of fused-ring (bicyclic) bond motifs is 1. The topological polar surface area (TPSA) is 36.4 Å². The van der Waals surface area contributed by atoms with Gasteiger partial charge in [-0.05, 0) is 48.7 Å². The average Bonchev–Trinajstić information content (AvgIpc) is 3.31. The summed E-state index contributed by atoms with van der Waals surface area (Å²) in [6.07, 6.45) is 0. The van der Waals surface area contributed by atoms with Crippen LogP contribution in [0.2, 0.25) is 0 Å². The minimum absolute atomic E-state index is 0.0835. The molecular weight excluding hydrogens is 482 g/mol. The van der Waals surface area contributed by atoms with Crippen molar-refractivity contribution in [3.63, 3.8) is 0 Å². The maximum Gasteiger partial charge on any atom is 0.254 e. The second kappa shape index (κ2) is 9.14. The molecule has 1 saturated heterocycles. The van der Waals surface area contributed by atoms with Gasteiger partial charge >= 0.3 is 0 Å². The number of aryl methyl sites for hydroxylation is 1. The number of benzene rings is 2. The SMILES string of the molecule is Cc1cccc(-c2cc(C(=O)N3CCN(Cc4cccs4)CC3)c3cc(Br)ccc3n2)c1. The van der Waals surface area contributed by atoms with E-state index in [1.807, 2.05) is 35.2 Å². The highest BCUT2D eigenvalue weighted by atomic mass is 79.9. The number of thiophene rings is 1. The highest BCUT2D eigenvalue weighted by Gasteiger charge is 2.24. The predicted octanol–water partition coefficient (Wildman–Crippen LogP) is 5.99. The molecule has 3 heterocycles. The first kappa shape index (κ1) is 21.3. The van der Waals surface area contributed by atoms with Gasteiger partial charge in [0, 0.05) is 53.0 Å². The standard InChI is InChI=1S/C26H24BrN3OS/c1-18-4-2-5-19(14-18)25-16-23(22-15-20(27)7-8-24(22)28-25)26(31)30-11-9-29(10-12-30)17-21-6-3-13-32-21/h2-8,13-16H,9-12,17H2,1H3. The number of pyridine rings is 1. The van der Waals surface area contributed by atoms with Crippen molar-refractivity contribution in [2.24, 2.45) is 0 Å². The lowest BCUT2D eigenvalue weighted by atomic mass is 10.0. The summed E-state index contributed by atoms with van der Waals surface area (Å²) in [6, 6.07) is 20.5. The van der Waals surface area contributed by atoms with E-state index in [0.717, 1.165) is 64.9 Å². The zero-order chi connectivity index (χ0) is 22.1. The van der Waals surface area contributed by atoms with Crippen LogP contribution in [-0.4, -0.2) is 46.9 Å².